The minimum atomic E-state index is -4.07. The molecule has 1 aliphatic rings. The fourth-order valence-electron chi connectivity index (χ4n) is 4.40. The van der Waals surface area contributed by atoms with Gasteiger partial charge in [-0.3, -0.25) is 8.98 Å². The number of anilines is 1. The van der Waals surface area contributed by atoms with Gasteiger partial charge in [0.25, 0.3) is 0 Å². The molecule has 16 heteroatoms. The summed E-state index contributed by atoms with van der Waals surface area (Å²) >= 11 is 13.5. The number of ketones is 1. The lowest BCUT2D eigenvalue weighted by Crippen LogP contribution is -2.25. The van der Waals surface area contributed by atoms with Gasteiger partial charge in [0.15, 0.2) is 0 Å². The molecule has 0 radical (unpaired) electrons. The van der Waals surface area contributed by atoms with Crippen LogP contribution in [0, 0.1) is 12.8 Å². The molecule has 0 unspecified atom stereocenters. The first kappa shape index (κ1) is 31.8. The van der Waals surface area contributed by atoms with Crippen LogP contribution in [-0.4, -0.2) is 42.9 Å². The Kier molecular flexibility index (Phi) is 11.7. The van der Waals surface area contributed by atoms with Crippen molar-refractivity contribution < 1.29 is 21.6 Å². The molecule has 39 heavy (non-hydrogen) atoms. The molecule has 0 saturated heterocycles. The lowest BCUT2D eigenvalue weighted by atomic mass is 10.1. The van der Waals surface area contributed by atoms with Crippen molar-refractivity contribution in [2.75, 3.05) is 11.9 Å². The van der Waals surface area contributed by atoms with Gasteiger partial charge in [-0.2, -0.15) is 8.42 Å². The van der Waals surface area contributed by atoms with Crippen LogP contribution >= 0.6 is 81.1 Å². The molecular weight excluding hydrogens is 829 g/mol. The number of hydrogen-bond acceptors (Lipinski definition) is 10. The Balaban J connectivity index is 1.50. The highest BCUT2D eigenvalue weighted by Gasteiger charge is 2.37. The van der Waals surface area contributed by atoms with Gasteiger partial charge in [-0.25, -0.2) is 15.1 Å². The summed E-state index contributed by atoms with van der Waals surface area (Å²) in [5.74, 6) is 0.0631. The van der Waals surface area contributed by atoms with Gasteiger partial charge in [-0.05, 0) is 93.2 Å². The van der Waals surface area contributed by atoms with Gasteiger partial charge in [0.05, 0.1) is 23.2 Å². The second-order valence-electron chi connectivity index (χ2n) is 8.91. The third-order valence-electron chi connectivity index (χ3n) is 6.04. The number of nitrogens with one attached hydrogen (secondary N) is 1. The molecule has 2 heterocycles. The van der Waals surface area contributed by atoms with Crippen molar-refractivity contribution in [1.82, 2.24) is 9.97 Å². The zero-order chi connectivity index (χ0) is 28.2. The molecule has 9 nitrogen and oxygen atoms in total. The molecule has 4 rings (SSSR count). The number of carbonyl (C=O) groups excluding carboxylic acids is 1. The van der Waals surface area contributed by atoms with Gasteiger partial charge in [-0.15, -0.1) is 11.3 Å². The molecule has 0 bridgehead atoms. The number of aryl methyl sites for hydroxylation is 1. The van der Waals surface area contributed by atoms with Crippen LogP contribution in [0.25, 0.3) is 0 Å². The molecular formula is C23H24ClI2N4O5PS3. The average molecular weight is 853 g/mol. The minimum absolute atomic E-state index is 0.0813. The molecule has 1 aromatic carbocycles. The maximum atomic E-state index is 13.6. The molecule has 2 aromatic heterocycles. The molecule has 3 N–H and O–H groups in total. The van der Waals surface area contributed by atoms with E-state index in [9.17, 15) is 13.2 Å². The normalized spacial score (nSPS) is 19.5. The Bertz CT molecular complexity index is 1430. The van der Waals surface area contributed by atoms with Crippen LogP contribution in [0.1, 0.15) is 44.1 Å². The van der Waals surface area contributed by atoms with Crippen LogP contribution < -0.4 is 10.5 Å². The fourth-order valence-corrected chi connectivity index (χ4v) is 8.75. The topological polar surface area (TPSA) is 133 Å². The maximum Gasteiger partial charge on any atom is 0.333 e. The second kappa shape index (κ2) is 14.3. The van der Waals surface area contributed by atoms with Gasteiger partial charge >= 0.3 is 10.3 Å². The van der Waals surface area contributed by atoms with Crippen LogP contribution in [0.15, 0.2) is 42.9 Å². The lowest BCUT2D eigenvalue weighted by molar-refractivity contribution is 0.104. The Morgan fingerprint density at radius 1 is 1.33 bits per heavy atom. The number of benzene rings is 1. The number of hydrogen-bond donors (Lipinski definition) is 2. The number of nitrogens with two attached hydrogens (primary N) is 1. The van der Waals surface area contributed by atoms with Crippen molar-refractivity contribution in [1.29, 1.82) is 0 Å². The van der Waals surface area contributed by atoms with Gasteiger partial charge in [0.1, 0.15) is 14.6 Å². The summed E-state index contributed by atoms with van der Waals surface area (Å²) in [6, 6.07) is 9.58. The van der Waals surface area contributed by atoms with Crippen LogP contribution in [0.3, 0.4) is 0 Å². The highest BCUT2D eigenvalue weighted by atomic mass is 127. The Labute approximate surface area is 267 Å². The van der Waals surface area contributed by atoms with Crippen molar-refractivity contribution in [3.63, 3.8) is 0 Å². The lowest BCUT2D eigenvalue weighted by Gasteiger charge is -2.18. The van der Waals surface area contributed by atoms with E-state index in [0.29, 0.717) is 40.5 Å². The standard InChI is InChI=1S/C23H24ClI2N4O5PS3/c1-13-5-18(7-14-3-2-4-16(24)6-14)37-22(13)21(31)19-10-28-12-29-23(19)30-17-8-15(11-34-39(27,32)33)20(9-17)35-38-36(25)26/h2-6,10,12,15,17,20H,7-9,11H2,1H3,(H2,27,32,33)(H,28,29,30)/t15-,17-,20+/m1/s1. The highest BCUT2D eigenvalue weighted by Crippen LogP contribution is 2.65. The SMILES string of the molecule is Cc1cc(Cc2cccc(Cl)c2)sc1C(=O)c1cncnc1N[C@@H]1C[C@H](COS(N)(=O)=O)[C@@H](OSP(I)I)C1. The summed E-state index contributed by atoms with van der Waals surface area (Å²) in [6.45, 7) is 1.84. The van der Waals surface area contributed by atoms with Crippen molar-refractivity contribution in [2.45, 2.75) is 38.3 Å². The number of aromatic nitrogens is 2. The van der Waals surface area contributed by atoms with E-state index in [1.807, 2.05) is 37.3 Å². The van der Waals surface area contributed by atoms with E-state index in [1.54, 1.807) is 0 Å². The highest BCUT2D eigenvalue weighted by molar-refractivity contribution is 14.3. The van der Waals surface area contributed by atoms with E-state index in [0.717, 1.165) is 16.0 Å². The monoisotopic (exact) mass is 852 g/mol. The van der Waals surface area contributed by atoms with E-state index < -0.39 is 12.7 Å². The Morgan fingerprint density at radius 3 is 2.85 bits per heavy atom. The average Bonchev–Trinajstić information content (AvgIpc) is 3.43. The van der Waals surface area contributed by atoms with E-state index in [4.69, 9.17) is 25.1 Å². The summed E-state index contributed by atoms with van der Waals surface area (Å²) in [5, 5.41) is 9.09. The molecule has 0 spiro atoms. The first-order chi connectivity index (χ1) is 18.5. The number of halogens is 3. The summed E-state index contributed by atoms with van der Waals surface area (Å²) < 4.78 is 33.2. The third kappa shape index (κ3) is 9.41. The van der Waals surface area contributed by atoms with Crippen LogP contribution in [0.5, 0.6) is 0 Å². The number of nitrogens with zero attached hydrogens (tertiary/aromatic N) is 2. The molecule has 210 valence electrons. The number of carbonyl (C=O) groups is 1. The summed E-state index contributed by atoms with van der Waals surface area (Å²) in [7, 11) is -4.07. The van der Waals surface area contributed by atoms with Crippen molar-refractivity contribution in [2.24, 2.45) is 11.1 Å². The zero-order valence-corrected chi connectivity index (χ0v) is 28.8. The molecule has 1 saturated carbocycles. The minimum Gasteiger partial charge on any atom is -0.367 e. The van der Waals surface area contributed by atoms with Gasteiger partial charge in [-0.1, -0.05) is 23.7 Å². The first-order valence-electron chi connectivity index (χ1n) is 11.6. The number of thiophene rings is 1. The molecule has 1 aliphatic carbocycles. The van der Waals surface area contributed by atoms with E-state index in [-0.39, 0.29) is 30.5 Å². The second-order valence-corrected chi connectivity index (χ2v) is 29.2. The largest absolute Gasteiger partial charge is 0.367 e. The molecule has 1 fully saturated rings. The predicted octanol–water partition coefficient (Wildman–Crippen LogP) is 6.86. The smallest absolute Gasteiger partial charge is 0.333 e. The van der Waals surface area contributed by atoms with E-state index in [1.165, 1.54) is 35.5 Å². The summed E-state index contributed by atoms with van der Waals surface area (Å²) in [6.07, 6.45) is 4.48. The quantitative estimate of drug-likeness (QED) is 0.0868. The maximum absolute atomic E-state index is 13.6. The van der Waals surface area contributed by atoms with Crippen LogP contribution in [-0.2, 0) is 25.1 Å². The van der Waals surface area contributed by atoms with Crippen molar-refractivity contribution in [3.8, 4) is 0 Å². The predicted molar refractivity (Wildman–Crippen MR) is 175 cm³/mol. The zero-order valence-electron chi connectivity index (χ0n) is 20.4. The van der Waals surface area contributed by atoms with Crippen LogP contribution in [0.4, 0.5) is 5.82 Å². The van der Waals surface area contributed by atoms with Crippen LogP contribution in [0.2, 0.25) is 5.02 Å². The van der Waals surface area contributed by atoms with Crippen molar-refractivity contribution >= 4 is 103 Å². The molecule has 3 atom stereocenters. The Morgan fingerprint density at radius 2 is 2.13 bits per heavy atom. The Hall–Kier alpha value is -0.170. The fraction of sp³-hybridized carbons (Fsp3) is 0.348. The molecule has 3 aromatic rings. The van der Waals surface area contributed by atoms with Crippen molar-refractivity contribution in [3.05, 3.63) is 74.3 Å². The van der Waals surface area contributed by atoms with E-state index >= 15 is 0 Å². The summed E-state index contributed by atoms with van der Waals surface area (Å²) in [5.41, 5.74) is 2.33. The van der Waals surface area contributed by atoms with E-state index in [2.05, 4.69) is 59.4 Å². The molecule has 0 aliphatic heterocycles. The first-order valence-corrected chi connectivity index (χ1v) is 22.5. The van der Waals surface area contributed by atoms with Gasteiger partial charge < -0.3 is 9.50 Å². The third-order valence-corrected chi connectivity index (χ3v) is 11.9. The number of rotatable bonds is 12. The van der Waals surface area contributed by atoms with Gasteiger partial charge in [0, 0.05) is 46.1 Å². The molecule has 0 amide bonds. The summed E-state index contributed by atoms with van der Waals surface area (Å²) in [4.78, 5) is 23.8. The van der Waals surface area contributed by atoms with Gasteiger partial charge in [0.2, 0.25) is 5.78 Å².